The van der Waals surface area contributed by atoms with Crippen LogP contribution in [0.3, 0.4) is 0 Å². The first kappa shape index (κ1) is 19.8. The highest BCUT2D eigenvalue weighted by molar-refractivity contribution is 5.97. The summed E-state index contributed by atoms with van der Waals surface area (Å²) in [6.07, 6.45) is 3.20. The van der Waals surface area contributed by atoms with Crippen LogP contribution in [-0.4, -0.2) is 43.1 Å². The number of nitrogens with zero attached hydrogens (tertiary/aromatic N) is 1. The average Bonchev–Trinajstić information content (AvgIpc) is 2.57. The molecule has 0 radical (unpaired) electrons. The highest BCUT2D eigenvalue weighted by Gasteiger charge is 2.39. The fraction of sp³-hybridized carbons (Fsp3) is 0.667. The van der Waals surface area contributed by atoms with Gasteiger partial charge in [0.05, 0.1) is 7.11 Å². The number of nitrogens with one attached hydrogen (secondary N) is 1. The maximum atomic E-state index is 12.4. The number of hydrogen-bond acceptors (Lipinski definition) is 3. The summed E-state index contributed by atoms with van der Waals surface area (Å²) in [6.45, 7) is 13.0. The van der Waals surface area contributed by atoms with Gasteiger partial charge in [0.2, 0.25) is 0 Å². The summed E-state index contributed by atoms with van der Waals surface area (Å²) in [5.41, 5.74) is 1.94. The first-order chi connectivity index (χ1) is 11.8. The smallest absolute Gasteiger partial charge is 0.251 e. The number of ether oxygens (including phenoxy) is 1. The number of fused-ring (bicyclic) bond motifs is 1. The third kappa shape index (κ3) is 4.17. The first-order valence-electron chi connectivity index (χ1n) is 9.57. The van der Waals surface area contributed by atoms with Gasteiger partial charge in [-0.15, -0.1) is 0 Å². The molecule has 1 unspecified atom stereocenters. The Morgan fingerprint density at radius 1 is 1.20 bits per heavy atom. The number of rotatable bonds is 8. The van der Waals surface area contributed by atoms with Crippen LogP contribution >= 0.6 is 0 Å². The quantitative estimate of drug-likeness (QED) is 0.774. The molecular weight excluding hydrogens is 312 g/mol. The lowest BCUT2D eigenvalue weighted by atomic mass is 9.70. The van der Waals surface area contributed by atoms with E-state index in [4.69, 9.17) is 4.74 Å². The zero-order valence-corrected chi connectivity index (χ0v) is 16.7. The maximum absolute atomic E-state index is 12.4. The van der Waals surface area contributed by atoms with Crippen molar-refractivity contribution in [3.63, 3.8) is 0 Å². The molecule has 1 heterocycles. The van der Waals surface area contributed by atoms with E-state index < -0.39 is 0 Å². The van der Waals surface area contributed by atoms with E-state index in [1.807, 2.05) is 12.1 Å². The zero-order chi connectivity index (χ0) is 18.6. The van der Waals surface area contributed by atoms with Crippen LogP contribution in [0.1, 0.15) is 69.8 Å². The number of amides is 1. The van der Waals surface area contributed by atoms with E-state index in [1.165, 1.54) is 0 Å². The second-order valence-corrected chi connectivity index (χ2v) is 7.80. The number of benzene rings is 1. The minimum Gasteiger partial charge on any atom is -0.497 e. The molecule has 140 valence electrons. The molecule has 0 fully saturated rings. The second-order valence-electron chi connectivity index (χ2n) is 7.80. The van der Waals surface area contributed by atoms with Gasteiger partial charge >= 0.3 is 0 Å². The summed E-state index contributed by atoms with van der Waals surface area (Å²) in [5, 5.41) is 3.14. The monoisotopic (exact) mass is 346 g/mol. The van der Waals surface area contributed by atoms with E-state index in [9.17, 15) is 4.79 Å². The molecule has 0 aliphatic carbocycles. The van der Waals surface area contributed by atoms with Crippen molar-refractivity contribution in [1.82, 2.24) is 10.2 Å². The molecule has 4 heteroatoms. The molecule has 1 aromatic rings. The molecule has 1 N–H and O–H groups in total. The van der Waals surface area contributed by atoms with Crippen LogP contribution in [-0.2, 0) is 5.41 Å². The number of carbonyl (C=O) groups is 1. The van der Waals surface area contributed by atoms with Gasteiger partial charge < -0.3 is 10.1 Å². The van der Waals surface area contributed by atoms with Gasteiger partial charge in [0.15, 0.2) is 0 Å². The van der Waals surface area contributed by atoms with Crippen LogP contribution in [0.25, 0.3) is 0 Å². The minimum absolute atomic E-state index is 0.0193. The van der Waals surface area contributed by atoms with Crippen molar-refractivity contribution in [1.29, 1.82) is 0 Å². The summed E-state index contributed by atoms with van der Waals surface area (Å²) in [5.74, 6) is 0.868. The van der Waals surface area contributed by atoms with Crippen LogP contribution in [0.5, 0.6) is 5.75 Å². The Hall–Kier alpha value is -1.55. The summed E-state index contributed by atoms with van der Waals surface area (Å²) < 4.78 is 5.45. The Morgan fingerprint density at radius 3 is 2.44 bits per heavy atom. The zero-order valence-electron chi connectivity index (χ0n) is 16.7. The lowest BCUT2D eigenvalue weighted by Crippen LogP contribution is -2.49. The van der Waals surface area contributed by atoms with Crippen molar-refractivity contribution in [2.75, 3.05) is 20.2 Å². The van der Waals surface area contributed by atoms with E-state index in [-0.39, 0.29) is 11.3 Å². The van der Waals surface area contributed by atoms with Crippen LogP contribution in [0.4, 0.5) is 0 Å². The molecule has 0 saturated heterocycles. The molecule has 1 atom stereocenters. The molecule has 4 nitrogen and oxygen atoms in total. The fourth-order valence-electron chi connectivity index (χ4n) is 4.23. The topological polar surface area (TPSA) is 41.6 Å². The van der Waals surface area contributed by atoms with Crippen LogP contribution < -0.4 is 10.1 Å². The number of hydrogen-bond donors (Lipinski definition) is 1. The van der Waals surface area contributed by atoms with E-state index in [1.54, 1.807) is 7.11 Å². The molecule has 25 heavy (non-hydrogen) atoms. The SMILES string of the molecule is CCCC1(CCN(C(C)C)C(C)C)CNC(=O)c2ccc(OC)cc21. The first-order valence-corrected chi connectivity index (χ1v) is 9.57. The van der Waals surface area contributed by atoms with E-state index >= 15 is 0 Å². The van der Waals surface area contributed by atoms with Gasteiger partial charge in [-0.3, -0.25) is 9.69 Å². The summed E-state index contributed by atoms with van der Waals surface area (Å²) in [4.78, 5) is 14.9. The Morgan fingerprint density at radius 2 is 1.88 bits per heavy atom. The molecule has 0 spiro atoms. The van der Waals surface area contributed by atoms with Crippen molar-refractivity contribution in [2.24, 2.45) is 0 Å². The van der Waals surface area contributed by atoms with Gasteiger partial charge in [-0.1, -0.05) is 13.3 Å². The second kappa shape index (κ2) is 8.22. The molecule has 1 aromatic carbocycles. The Kier molecular flexibility index (Phi) is 6.50. The van der Waals surface area contributed by atoms with E-state index in [0.717, 1.165) is 42.7 Å². The summed E-state index contributed by atoms with van der Waals surface area (Å²) >= 11 is 0. The standard InChI is InChI=1S/C21H34N2O2/c1-7-10-21(11-12-23(15(2)3)16(4)5)14-22-20(24)18-9-8-17(25-6)13-19(18)21/h8-9,13,15-16H,7,10-12,14H2,1-6H3,(H,22,24). The van der Waals surface area contributed by atoms with Crippen molar-refractivity contribution in [3.05, 3.63) is 29.3 Å². The lowest BCUT2D eigenvalue weighted by molar-refractivity contribution is 0.0905. The fourth-order valence-corrected chi connectivity index (χ4v) is 4.23. The van der Waals surface area contributed by atoms with Crippen molar-refractivity contribution in [3.8, 4) is 5.75 Å². The highest BCUT2D eigenvalue weighted by atomic mass is 16.5. The summed E-state index contributed by atoms with van der Waals surface area (Å²) in [6, 6.07) is 6.91. The predicted molar refractivity (Wildman–Crippen MR) is 104 cm³/mol. The third-order valence-corrected chi connectivity index (χ3v) is 5.53. The number of methoxy groups -OCH3 is 1. The summed E-state index contributed by atoms with van der Waals surface area (Å²) in [7, 11) is 1.69. The van der Waals surface area contributed by atoms with Gasteiger partial charge in [-0.25, -0.2) is 0 Å². The molecule has 1 aliphatic rings. The normalized spacial score (nSPS) is 20.1. The molecule has 2 rings (SSSR count). The van der Waals surface area contributed by atoms with Gasteiger partial charge in [0.25, 0.3) is 5.91 Å². The van der Waals surface area contributed by atoms with Crippen LogP contribution in [0.2, 0.25) is 0 Å². The Labute approximate surface area is 152 Å². The average molecular weight is 347 g/mol. The highest BCUT2D eigenvalue weighted by Crippen LogP contribution is 2.39. The van der Waals surface area contributed by atoms with E-state index in [0.29, 0.717) is 18.6 Å². The lowest BCUT2D eigenvalue weighted by Gasteiger charge is -2.42. The van der Waals surface area contributed by atoms with Crippen molar-refractivity contribution < 1.29 is 9.53 Å². The Bertz CT molecular complexity index is 590. The Balaban J connectivity index is 2.39. The number of carbonyl (C=O) groups excluding carboxylic acids is 1. The van der Waals surface area contributed by atoms with Gasteiger partial charge in [-0.05, 0) is 70.8 Å². The molecule has 1 amide bonds. The maximum Gasteiger partial charge on any atom is 0.251 e. The minimum atomic E-state index is -0.0193. The molecule has 0 bridgehead atoms. The molecule has 1 aliphatic heterocycles. The predicted octanol–water partition coefficient (Wildman–Crippen LogP) is 3.99. The van der Waals surface area contributed by atoms with Gasteiger partial charge in [-0.2, -0.15) is 0 Å². The van der Waals surface area contributed by atoms with E-state index in [2.05, 4.69) is 50.9 Å². The largest absolute Gasteiger partial charge is 0.497 e. The van der Waals surface area contributed by atoms with Gasteiger partial charge in [0, 0.05) is 29.6 Å². The molecule has 0 saturated carbocycles. The molecular formula is C21H34N2O2. The van der Waals surface area contributed by atoms with Gasteiger partial charge in [0.1, 0.15) is 5.75 Å². The van der Waals surface area contributed by atoms with Crippen molar-refractivity contribution in [2.45, 2.75) is 71.4 Å². The van der Waals surface area contributed by atoms with Crippen LogP contribution in [0.15, 0.2) is 18.2 Å². The van der Waals surface area contributed by atoms with Crippen molar-refractivity contribution >= 4 is 5.91 Å². The van der Waals surface area contributed by atoms with Crippen LogP contribution in [0, 0.1) is 0 Å². The molecule has 0 aromatic heterocycles. The third-order valence-electron chi connectivity index (χ3n) is 5.53.